The second kappa shape index (κ2) is 8.45. The van der Waals surface area contributed by atoms with E-state index in [1.807, 2.05) is 12.1 Å². The van der Waals surface area contributed by atoms with Crippen molar-refractivity contribution in [3.05, 3.63) is 55.1 Å². The second-order valence-electron chi connectivity index (χ2n) is 4.57. The summed E-state index contributed by atoms with van der Waals surface area (Å²) >= 11 is 8.38. The third kappa shape index (κ3) is 5.55. The number of benzene rings is 1. The number of carbonyl (C=O) groups excluding carboxylic acids is 2. The summed E-state index contributed by atoms with van der Waals surface area (Å²) in [7, 11) is 0. The molecule has 1 aromatic carbocycles. The van der Waals surface area contributed by atoms with Gasteiger partial charge < -0.3 is 0 Å². The molecule has 0 saturated carbocycles. The van der Waals surface area contributed by atoms with Crippen LogP contribution in [0.4, 0.5) is 0 Å². The molecular formula is C15H14Br2N2O2S. The fourth-order valence-corrected chi connectivity index (χ4v) is 3.56. The van der Waals surface area contributed by atoms with Gasteiger partial charge in [0, 0.05) is 21.3 Å². The predicted octanol–water partition coefficient (Wildman–Crippen LogP) is 4.06. The summed E-state index contributed by atoms with van der Waals surface area (Å²) in [5, 5.41) is 0. The number of nitrogens with one attached hydrogen (secondary N) is 2. The molecule has 1 heterocycles. The summed E-state index contributed by atoms with van der Waals surface area (Å²) in [6, 6.07) is 11.0. The number of thiophene rings is 1. The minimum Gasteiger partial charge on any atom is -0.273 e. The van der Waals surface area contributed by atoms with Crippen molar-refractivity contribution in [2.75, 3.05) is 0 Å². The molecule has 2 aromatic rings. The van der Waals surface area contributed by atoms with Gasteiger partial charge >= 0.3 is 0 Å². The van der Waals surface area contributed by atoms with Crippen LogP contribution in [0.1, 0.15) is 28.1 Å². The first-order valence-corrected chi connectivity index (χ1v) is 9.04. The van der Waals surface area contributed by atoms with Gasteiger partial charge in [-0.1, -0.05) is 15.9 Å². The number of amides is 2. The Labute approximate surface area is 149 Å². The summed E-state index contributed by atoms with van der Waals surface area (Å²) in [6.07, 6.45) is 1.97. The molecule has 0 fully saturated rings. The lowest BCUT2D eigenvalue weighted by Crippen LogP contribution is -2.41. The van der Waals surface area contributed by atoms with Crippen LogP contribution in [-0.2, 0) is 11.2 Å². The summed E-state index contributed by atoms with van der Waals surface area (Å²) < 4.78 is 1.99. The maximum atomic E-state index is 11.8. The number of hydrogen-bond donors (Lipinski definition) is 2. The Balaban J connectivity index is 1.68. The highest BCUT2D eigenvalue weighted by atomic mass is 79.9. The third-order valence-electron chi connectivity index (χ3n) is 2.88. The van der Waals surface area contributed by atoms with Gasteiger partial charge in [-0.05, 0) is 65.2 Å². The van der Waals surface area contributed by atoms with Crippen LogP contribution in [0.3, 0.4) is 0 Å². The van der Waals surface area contributed by atoms with Crippen LogP contribution < -0.4 is 10.9 Å². The van der Waals surface area contributed by atoms with Gasteiger partial charge in [0.15, 0.2) is 0 Å². The predicted molar refractivity (Wildman–Crippen MR) is 94.7 cm³/mol. The highest BCUT2D eigenvalue weighted by molar-refractivity contribution is 9.11. The van der Waals surface area contributed by atoms with E-state index in [0.29, 0.717) is 12.0 Å². The Bertz CT molecular complexity index is 656. The van der Waals surface area contributed by atoms with E-state index in [9.17, 15) is 9.59 Å². The zero-order valence-electron chi connectivity index (χ0n) is 11.6. The topological polar surface area (TPSA) is 58.2 Å². The van der Waals surface area contributed by atoms with Gasteiger partial charge in [-0.25, -0.2) is 0 Å². The molecule has 0 atom stereocenters. The van der Waals surface area contributed by atoms with E-state index in [4.69, 9.17) is 0 Å². The van der Waals surface area contributed by atoms with E-state index in [-0.39, 0.29) is 11.8 Å². The maximum absolute atomic E-state index is 11.8. The molecule has 116 valence electrons. The lowest BCUT2D eigenvalue weighted by molar-refractivity contribution is -0.121. The lowest BCUT2D eigenvalue weighted by Gasteiger charge is -2.07. The van der Waals surface area contributed by atoms with Crippen molar-refractivity contribution in [3.63, 3.8) is 0 Å². The Morgan fingerprint density at radius 2 is 1.73 bits per heavy atom. The van der Waals surface area contributed by atoms with Crippen molar-refractivity contribution < 1.29 is 9.59 Å². The standard InChI is InChI=1S/C15H14Br2N2O2S/c16-11-6-4-10(5-7-11)15(21)19-18-14(20)3-1-2-12-8-9-13(17)22-12/h4-9H,1-3H2,(H,18,20)(H,19,21). The molecule has 0 aliphatic carbocycles. The van der Waals surface area contributed by atoms with E-state index >= 15 is 0 Å². The average molecular weight is 446 g/mol. The van der Waals surface area contributed by atoms with E-state index in [2.05, 4.69) is 42.7 Å². The van der Waals surface area contributed by atoms with Crippen LogP contribution in [-0.4, -0.2) is 11.8 Å². The second-order valence-corrected chi connectivity index (χ2v) is 8.03. The van der Waals surface area contributed by atoms with Gasteiger partial charge in [0.1, 0.15) is 0 Å². The fourth-order valence-electron chi connectivity index (χ4n) is 1.77. The van der Waals surface area contributed by atoms with Crippen molar-refractivity contribution in [1.29, 1.82) is 0 Å². The number of rotatable bonds is 5. The molecule has 0 aliphatic heterocycles. The first-order chi connectivity index (χ1) is 10.5. The molecule has 2 N–H and O–H groups in total. The van der Waals surface area contributed by atoms with Gasteiger partial charge in [0.25, 0.3) is 5.91 Å². The van der Waals surface area contributed by atoms with Gasteiger partial charge in [-0.2, -0.15) is 0 Å². The van der Waals surface area contributed by atoms with Crippen LogP contribution in [0.5, 0.6) is 0 Å². The Kier molecular flexibility index (Phi) is 6.60. The van der Waals surface area contributed by atoms with Gasteiger partial charge in [0.2, 0.25) is 5.91 Å². The Morgan fingerprint density at radius 3 is 2.36 bits per heavy atom. The van der Waals surface area contributed by atoms with Crippen molar-refractivity contribution in [2.24, 2.45) is 0 Å². The van der Waals surface area contributed by atoms with Crippen LogP contribution in [0.2, 0.25) is 0 Å². The molecule has 0 saturated heterocycles. The quantitative estimate of drug-likeness (QED) is 0.681. The van der Waals surface area contributed by atoms with Crippen LogP contribution >= 0.6 is 43.2 Å². The summed E-state index contributed by atoms with van der Waals surface area (Å²) in [4.78, 5) is 24.7. The zero-order chi connectivity index (χ0) is 15.9. The summed E-state index contributed by atoms with van der Waals surface area (Å²) in [5.41, 5.74) is 5.34. The van der Waals surface area contributed by atoms with E-state index < -0.39 is 0 Å². The first kappa shape index (κ1) is 17.2. The molecule has 0 spiro atoms. The smallest absolute Gasteiger partial charge is 0.269 e. The van der Waals surface area contributed by atoms with Gasteiger partial charge in [0.05, 0.1) is 3.79 Å². The van der Waals surface area contributed by atoms with Gasteiger partial charge in [-0.3, -0.25) is 20.4 Å². The molecule has 2 amide bonds. The molecule has 1 aromatic heterocycles. The normalized spacial score (nSPS) is 10.3. The Morgan fingerprint density at radius 1 is 1.00 bits per heavy atom. The average Bonchev–Trinajstić information content (AvgIpc) is 2.91. The molecule has 2 rings (SSSR count). The molecule has 7 heteroatoms. The van der Waals surface area contributed by atoms with Crippen LogP contribution in [0.25, 0.3) is 0 Å². The molecule has 0 bridgehead atoms. The number of aryl methyl sites for hydroxylation is 1. The van der Waals surface area contributed by atoms with Crippen molar-refractivity contribution >= 4 is 55.0 Å². The molecule has 0 unspecified atom stereocenters. The minimum atomic E-state index is -0.331. The highest BCUT2D eigenvalue weighted by Crippen LogP contribution is 2.23. The molecule has 4 nitrogen and oxygen atoms in total. The van der Waals surface area contributed by atoms with E-state index in [0.717, 1.165) is 21.1 Å². The number of halogens is 2. The minimum absolute atomic E-state index is 0.193. The Hall–Kier alpha value is -1.18. The number of hydrazine groups is 1. The highest BCUT2D eigenvalue weighted by Gasteiger charge is 2.07. The largest absolute Gasteiger partial charge is 0.273 e. The molecule has 0 aliphatic rings. The maximum Gasteiger partial charge on any atom is 0.269 e. The van der Waals surface area contributed by atoms with Crippen LogP contribution in [0, 0.1) is 0 Å². The van der Waals surface area contributed by atoms with E-state index in [1.165, 1.54) is 4.88 Å². The lowest BCUT2D eigenvalue weighted by atomic mass is 10.2. The summed E-state index contributed by atoms with van der Waals surface area (Å²) in [6.45, 7) is 0. The van der Waals surface area contributed by atoms with Crippen molar-refractivity contribution in [1.82, 2.24) is 10.9 Å². The fraction of sp³-hybridized carbons (Fsp3) is 0.200. The molecular weight excluding hydrogens is 432 g/mol. The first-order valence-electron chi connectivity index (χ1n) is 6.63. The molecule has 0 radical (unpaired) electrons. The number of hydrogen-bond acceptors (Lipinski definition) is 3. The monoisotopic (exact) mass is 444 g/mol. The SMILES string of the molecule is O=C(CCCc1ccc(Br)s1)NNC(=O)c1ccc(Br)cc1. The van der Waals surface area contributed by atoms with Crippen LogP contribution in [0.15, 0.2) is 44.7 Å². The molecule has 22 heavy (non-hydrogen) atoms. The summed E-state index contributed by atoms with van der Waals surface area (Å²) in [5.74, 6) is -0.524. The van der Waals surface area contributed by atoms with Crippen molar-refractivity contribution in [2.45, 2.75) is 19.3 Å². The third-order valence-corrected chi connectivity index (χ3v) is 5.09. The van der Waals surface area contributed by atoms with E-state index in [1.54, 1.807) is 35.6 Å². The zero-order valence-corrected chi connectivity index (χ0v) is 15.6. The van der Waals surface area contributed by atoms with Crippen molar-refractivity contribution in [3.8, 4) is 0 Å². The number of carbonyl (C=O) groups is 2. The van der Waals surface area contributed by atoms with Gasteiger partial charge in [-0.15, -0.1) is 11.3 Å².